The molecule has 0 saturated heterocycles. The van der Waals surface area contributed by atoms with Crippen LogP contribution in [0, 0.1) is 5.41 Å². The fraction of sp³-hybridized carbons (Fsp3) is 0.577. The van der Waals surface area contributed by atoms with Crippen molar-refractivity contribution in [3.8, 4) is 0 Å². The van der Waals surface area contributed by atoms with Crippen molar-refractivity contribution in [2.24, 2.45) is 5.41 Å². The monoisotopic (exact) mass is 432 g/mol. The van der Waals surface area contributed by atoms with E-state index in [0.29, 0.717) is 6.42 Å². The normalized spacial score (nSPS) is 32.6. The summed E-state index contributed by atoms with van der Waals surface area (Å²) in [5.41, 5.74) is 1.10. The van der Waals surface area contributed by atoms with E-state index < -0.39 is 23.8 Å². The Morgan fingerprint density at radius 3 is 2.39 bits per heavy atom. The van der Waals surface area contributed by atoms with Crippen LogP contribution >= 0.6 is 0 Å². The van der Waals surface area contributed by atoms with Crippen LogP contribution in [0.2, 0.25) is 0 Å². The van der Waals surface area contributed by atoms with E-state index in [2.05, 4.69) is 26.8 Å². The third kappa shape index (κ3) is 9.38. The molecule has 0 saturated carbocycles. The highest BCUT2D eigenvalue weighted by atomic mass is 16.6. The van der Waals surface area contributed by atoms with Crippen LogP contribution in [0.25, 0.3) is 0 Å². The highest BCUT2D eigenvalue weighted by Gasteiger charge is 2.33. The highest BCUT2D eigenvalue weighted by Crippen LogP contribution is 2.33. The lowest BCUT2D eigenvalue weighted by atomic mass is 9.80. The van der Waals surface area contributed by atoms with E-state index in [1.807, 2.05) is 26.0 Å². The topological polar surface area (TPSA) is 76.0 Å². The third-order valence-corrected chi connectivity index (χ3v) is 5.41. The number of aliphatic hydroxyl groups excluding tert-OH is 1. The number of carbonyl (C=O) groups excluding carboxylic acids is 1. The minimum absolute atomic E-state index is 0.141. The van der Waals surface area contributed by atoms with Crippen LogP contribution in [-0.4, -0.2) is 47.7 Å². The summed E-state index contributed by atoms with van der Waals surface area (Å²) in [6, 6.07) is 0. The molecule has 0 bridgehead atoms. The number of hydrogen-bond donors (Lipinski definition) is 2. The largest absolute Gasteiger partial charge is 0.452 e. The van der Waals surface area contributed by atoms with Gasteiger partial charge in [-0.15, -0.1) is 0 Å². The zero-order valence-electron chi connectivity index (χ0n) is 20.1. The van der Waals surface area contributed by atoms with E-state index in [1.165, 1.54) is 11.6 Å². The van der Waals surface area contributed by atoms with E-state index >= 15 is 0 Å². The molecule has 2 N–H and O–H groups in total. The maximum Gasteiger partial charge on any atom is 0.331 e. The number of methoxy groups -OCH3 is 1. The van der Waals surface area contributed by atoms with E-state index in [9.17, 15) is 15.0 Å². The second kappa shape index (κ2) is 12.2. The van der Waals surface area contributed by atoms with Gasteiger partial charge in [-0.25, -0.2) is 4.79 Å². The summed E-state index contributed by atoms with van der Waals surface area (Å²) >= 11 is 0. The summed E-state index contributed by atoms with van der Waals surface area (Å²) in [6.07, 6.45) is 13.8. The number of allylic oxidation sites excluding steroid dienone is 5. The Balaban J connectivity index is 3.42. The van der Waals surface area contributed by atoms with Crippen LogP contribution in [0.5, 0.6) is 0 Å². The Hall–Kier alpha value is -1.95. The zero-order chi connectivity index (χ0) is 23.7. The Kier molecular flexibility index (Phi) is 10.6. The minimum atomic E-state index is -1.45. The van der Waals surface area contributed by atoms with Gasteiger partial charge >= 0.3 is 5.97 Å². The van der Waals surface area contributed by atoms with Gasteiger partial charge < -0.3 is 19.7 Å². The molecule has 5 heteroatoms. The lowest BCUT2D eigenvalue weighted by molar-refractivity contribution is -0.148. The van der Waals surface area contributed by atoms with Crippen molar-refractivity contribution in [3.63, 3.8) is 0 Å². The summed E-state index contributed by atoms with van der Waals surface area (Å²) in [4.78, 5) is 12.3. The summed E-state index contributed by atoms with van der Waals surface area (Å²) < 4.78 is 11.2. The molecule has 0 aromatic heterocycles. The Morgan fingerprint density at radius 2 is 1.84 bits per heavy atom. The lowest BCUT2D eigenvalue weighted by Gasteiger charge is -2.30. The average molecular weight is 433 g/mol. The second-order valence-corrected chi connectivity index (χ2v) is 9.29. The van der Waals surface area contributed by atoms with E-state index in [1.54, 1.807) is 32.3 Å². The predicted octanol–water partition coefficient (Wildman–Crippen LogP) is 4.82. The van der Waals surface area contributed by atoms with Crippen molar-refractivity contribution < 1.29 is 24.5 Å². The fourth-order valence-electron chi connectivity index (χ4n) is 3.38. The number of aliphatic hydroxyl groups is 2. The Labute approximate surface area is 187 Å². The van der Waals surface area contributed by atoms with E-state index in [4.69, 9.17) is 9.47 Å². The van der Waals surface area contributed by atoms with E-state index in [-0.39, 0.29) is 12.0 Å². The van der Waals surface area contributed by atoms with Gasteiger partial charge in [0, 0.05) is 13.2 Å². The van der Waals surface area contributed by atoms with Gasteiger partial charge in [0.25, 0.3) is 0 Å². The molecular formula is C26H40O5. The van der Waals surface area contributed by atoms with Gasteiger partial charge in [0.15, 0.2) is 6.10 Å². The van der Waals surface area contributed by atoms with Crippen molar-refractivity contribution in [1.82, 2.24) is 0 Å². The van der Waals surface area contributed by atoms with Crippen LogP contribution < -0.4 is 0 Å². The summed E-state index contributed by atoms with van der Waals surface area (Å²) in [5, 5.41) is 21.0. The van der Waals surface area contributed by atoms with Crippen molar-refractivity contribution in [2.45, 2.75) is 78.6 Å². The molecule has 0 heterocycles. The molecule has 0 aliphatic heterocycles. The zero-order valence-corrected chi connectivity index (χ0v) is 20.1. The molecule has 1 aliphatic rings. The van der Waals surface area contributed by atoms with Gasteiger partial charge in [0.2, 0.25) is 0 Å². The minimum Gasteiger partial charge on any atom is -0.452 e. The van der Waals surface area contributed by atoms with Crippen molar-refractivity contribution >= 4 is 5.97 Å². The molecule has 1 aliphatic carbocycles. The van der Waals surface area contributed by atoms with Gasteiger partial charge in [-0.1, -0.05) is 48.5 Å². The first-order chi connectivity index (χ1) is 14.4. The number of hydrogen-bond acceptors (Lipinski definition) is 5. The maximum atomic E-state index is 12.3. The average Bonchev–Trinajstić information content (AvgIpc) is 2.67. The van der Waals surface area contributed by atoms with Gasteiger partial charge in [0.1, 0.15) is 5.60 Å². The van der Waals surface area contributed by atoms with Gasteiger partial charge in [-0.2, -0.15) is 0 Å². The molecule has 1 rings (SSSR count). The van der Waals surface area contributed by atoms with Crippen LogP contribution in [0.4, 0.5) is 0 Å². The van der Waals surface area contributed by atoms with Gasteiger partial charge in [-0.05, 0) is 70.9 Å². The summed E-state index contributed by atoms with van der Waals surface area (Å²) in [6.45, 7) is 11.4. The molecule has 31 heavy (non-hydrogen) atoms. The molecular weight excluding hydrogens is 392 g/mol. The van der Waals surface area contributed by atoms with Crippen LogP contribution in [0.15, 0.2) is 59.3 Å². The van der Waals surface area contributed by atoms with Gasteiger partial charge in [-0.3, -0.25) is 0 Å². The quantitative estimate of drug-likeness (QED) is 0.343. The smallest absolute Gasteiger partial charge is 0.331 e. The first-order valence-electron chi connectivity index (χ1n) is 10.8. The van der Waals surface area contributed by atoms with Crippen molar-refractivity contribution in [2.75, 3.05) is 13.7 Å². The van der Waals surface area contributed by atoms with Crippen molar-refractivity contribution in [3.05, 3.63) is 59.3 Å². The highest BCUT2D eigenvalue weighted by molar-refractivity contribution is 5.83. The van der Waals surface area contributed by atoms with Crippen molar-refractivity contribution in [1.29, 1.82) is 0 Å². The number of esters is 1. The molecule has 0 fully saturated rings. The molecule has 4 atom stereocenters. The lowest BCUT2D eigenvalue weighted by Crippen LogP contribution is -2.39. The first-order valence-corrected chi connectivity index (χ1v) is 10.8. The standard InChI is InChI=1S/C26H40O5/c1-19(2)9-8-13-25(5)14-10-21(18-27)22(30-7)11-16-26(6,29)23(12-15-25)31-24(28)17-20(3)4/h9-12,15-17,22-23,27,29H,8,13-14,18H2,1-7H3/b15-12+,16-11+,21-10-/t22-,23+,25-,26+/m0/s1. The van der Waals surface area contributed by atoms with Crippen LogP contribution in [0.1, 0.15) is 60.8 Å². The Bertz CT molecular complexity index is 746. The molecule has 0 spiro atoms. The molecule has 174 valence electrons. The summed E-state index contributed by atoms with van der Waals surface area (Å²) in [5.74, 6) is -0.498. The van der Waals surface area contributed by atoms with Crippen LogP contribution in [-0.2, 0) is 14.3 Å². The van der Waals surface area contributed by atoms with Crippen LogP contribution in [0.3, 0.4) is 0 Å². The number of rotatable bonds is 7. The molecule has 0 aromatic carbocycles. The SMILES string of the molecule is CO[C@H]1/C=C/[C@@](C)(O)[C@H](OC(=O)C=C(C)C)/C=C/[C@@](C)(CCC=C(C)C)C/C=C\1CO. The fourth-order valence-corrected chi connectivity index (χ4v) is 3.38. The molecule has 0 amide bonds. The van der Waals surface area contributed by atoms with E-state index in [0.717, 1.165) is 24.0 Å². The Morgan fingerprint density at radius 1 is 1.16 bits per heavy atom. The number of ether oxygens (including phenoxy) is 2. The third-order valence-electron chi connectivity index (χ3n) is 5.41. The first kappa shape index (κ1) is 27.1. The van der Waals surface area contributed by atoms with Gasteiger partial charge in [0.05, 0.1) is 12.7 Å². The summed E-state index contributed by atoms with van der Waals surface area (Å²) in [7, 11) is 1.56. The second-order valence-electron chi connectivity index (χ2n) is 9.29. The molecule has 0 unspecified atom stereocenters. The molecule has 0 aromatic rings. The maximum absolute atomic E-state index is 12.3. The molecule has 0 radical (unpaired) electrons. The predicted molar refractivity (Wildman–Crippen MR) is 126 cm³/mol. The molecule has 5 nitrogen and oxygen atoms in total. The number of carbonyl (C=O) groups is 1.